The lowest BCUT2D eigenvalue weighted by Gasteiger charge is -2.09. The van der Waals surface area contributed by atoms with Crippen LogP contribution in [0.15, 0.2) is 24.5 Å². The highest BCUT2D eigenvalue weighted by Gasteiger charge is 2.11. The zero-order chi connectivity index (χ0) is 18.7. The van der Waals surface area contributed by atoms with E-state index in [1.54, 1.807) is 24.2 Å². The maximum absolute atomic E-state index is 12.2. The quantitative estimate of drug-likeness (QED) is 0.634. The SMILES string of the molecule is COCCn1cc(NC(=O)NCc2cc(C)cc3c(C)c(C)[nH]c23)cn1. The summed E-state index contributed by atoms with van der Waals surface area (Å²) in [4.78, 5) is 15.6. The Morgan fingerprint density at radius 1 is 1.31 bits per heavy atom. The van der Waals surface area contributed by atoms with Crippen molar-refractivity contribution in [2.45, 2.75) is 33.9 Å². The van der Waals surface area contributed by atoms with Crippen molar-refractivity contribution < 1.29 is 9.53 Å². The molecule has 2 aromatic heterocycles. The van der Waals surface area contributed by atoms with Gasteiger partial charge in [0.05, 0.1) is 30.6 Å². The Hall–Kier alpha value is -2.80. The predicted octanol–water partition coefficient (Wildman–Crippen LogP) is 3.26. The standard InChI is InChI=1S/C19H25N5O2/c1-12-7-15(18-17(8-12)13(2)14(3)22-18)9-20-19(25)23-16-10-21-24(11-16)5-6-26-4/h7-8,10-11,22H,5-6,9H2,1-4H3,(H2,20,23,25). The summed E-state index contributed by atoms with van der Waals surface area (Å²) < 4.78 is 6.74. The lowest BCUT2D eigenvalue weighted by molar-refractivity contribution is 0.183. The molecule has 3 N–H and O–H groups in total. The summed E-state index contributed by atoms with van der Waals surface area (Å²) in [7, 11) is 1.64. The molecule has 0 aliphatic carbocycles. The van der Waals surface area contributed by atoms with E-state index in [4.69, 9.17) is 4.74 Å². The second-order valence-electron chi connectivity index (χ2n) is 6.51. The number of rotatable bonds is 6. The van der Waals surface area contributed by atoms with Crippen molar-refractivity contribution in [3.8, 4) is 0 Å². The van der Waals surface area contributed by atoms with Crippen molar-refractivity contribution in [3.05, 3.63) is 46.9 Å². The summed E-state index contributed by atoms with van der Waals surface area (Å²) in [5, 5.41) is 11.1. The van der Waals surface area contributed by atoms with Gasteiger partial charge in [-0.05, 0) is 38.0 Å². The molecule has 0 aliphatic rings. The molecule has 138 valence electrons. The number of carbonyl (C=O) groups excluding carboxylic acids is 1. The number of aryl methyl sites for hydroxylation is 3. The van der Waals surface area contributed by atoms with E-state index < -0.39 is 0 Å². The van der Waals surface area contributed by atoms with Gasteiger partial charge in [0, 0.05) is 30.9 Å². The van der Waals surface area contributed by atoms with Gasteiger partial charge in [-0.15, -0.1) is 0 Å². The molecule has 0 radical (unpaired) electrons. The van der Waals surface area contributed by atoms with Gasteiger partial charge in [-0.2, -0.15) is 5.10 Å². The first-order valence-electron chi connectivity index (χ1n) is 8.62. The molecule has 2 heterocycles. The number of urea groups is 1. The maximum Gasteiger partial charge on any atom is 0.319 e. The zero-order valence-electron chi connectivity index (χ0n) is 15.6. The summed E-state index contributed by atoms with van der Waals surface area (Å²) in [6.07, 6.45) is 3.40. The zero-order valence-corrected chi connectivity index (χ0v) is 15.6. The molecule has 0 spiro atoms. The summed E-state index contributed by atoms with van der Waals surface area (Å²) in [5.74, 6) is 0. The van der Waals surface area contributed by atoms with Gasteiger partial charge in [-0.3, -0.25) is 4.68 Å². The number of nitrogens with one attached hydrogen (secondary N) is 3. The number of amides is 2. The predicted molar refractivity (Wildman–Crippen MR) is 102 cm³/mol. The van der Waals surface area contributed by atoms with Gasteiger partial charge in [-0.1, -0.05) is 11.6 Å². The number of methoxy groups -OCH3 is 1. The molecule has 2 amide bonds. The van der Waals surface area contributed by atoms with Crippen LogP contribution in [-0.2, 0) is 17.8 Å². The van der Waals surface area contributed by atoms with Gasteiger partial charge in [0.2, 0.25) is 0 Å². The van der Waals surface area contributed by atoms with Crippen LogP contribution in [0.1, 0.15) is 22.4 Å². The van der Waals surface area contributed by atoms with Gasteiger partial charge in [0.15, 0.2) is 0 Å². The van der Waals surface area contributed by atoms with Crippen molar-refractivity contribution >= 4 is 22.6 Å². The smallest absolute Gasteiger partial charge is 0.319 e. The van der Waals surface area contributed by atoms with Crippen LogP contribution >= 0.6 is 0 Å². The monoisotopic (exact) mass is 355 g/mol. The molecule has 26 heavy (non-hydrogen) atoms. The third-order valence-corrected chi connectivity index (χ3v) is 4.50. The summed E-state index contributed by atoms with van der Waals surface area (Å²) in [6.45, 7) is 7.91. The lowest BCUT2D eigenvalue weighted by Crippen LogP contribution is -2.28. The number of aromatic nitrogens is 3. The third kappa shape index (κ3) is 3.88. The van der Waals surface area contributed by atoms with E-state index in [1.165, 1.54) is 16.5 Å². The molecule has 0 unspecified atom stereocenters. The number of aromatic amines is 1. The molecular formula is C19H25N5O2. The Kier molecular flexibility index (Phi) is 5.27. The van der Waals surface area contributed by atoms with Gasteiger partial charge >= 0.3 is 6.03 Å². The first-order valence-corrected chi connectivity index (χ1v) is 8.62. The number of fused-ring (bicyclic) bond motifs is 1. The first-order chi connectivity index (χ1) is 12.5. The van der Waals surface area contributed by atoms with Gasteiger partial charge in [0.1, 0.15) is 0 Å². The van der Waals surface area contributed by atoms with Crippen molar-refractivity contribution in [1.82, 2.24) is 20.1 Å². The Morgan fingerprint density at radius 2 is 2.12 bits per heavy atom. The molecule has 0 atom stereocenters. The van der Waals surface area contributed by atoms with Crippen LogP contribution in [0, 0.1) is 20.8 Å². The van der Waals surface area contributed by atoms with E-state index in [9.17, 15) is 4.79 Å². The average Bonchev–Trinajstić information content (AvgIpc) is 3.16. The number of hydrogen-bond donors (Lipinski definition) is 3. The molecule has 3 rings (SSSR count). The molecule has 3 aromatic rings. The molecule has 7 nitrogen and oxygen atoms in total. The number of hydrogen-bond acceptors (Lipinski definition) is 3. The van der Waals surface area contributed by atoms with Crippen molar-refractivity contribution in [3.63, 3.8) is 0 Å². The second-order valence-corrected chi connectivity index (χ2v) is 6.51. The summed E-state index contributed by atoms with van der Waals surface area (Å²) in [6, 6.07) is 4.01. The minimum absolute atomic E-state index is 0.258. The molecular weight excluding hydrogens is 330 g/mol. The molecule has 0 saturated carbocycles. The largest absolute Gasteiger partial charge is 0.383 e. The summed E-state index contributed by atoms with van der Waals surface area (Å²) >= 11 is 0. The normalized spacial score (nSPS) is 11.1. The highest BCUT2D eigenvalue weighted by Crippen LogP contribution is 2.26. The van der Waals surface area contributed by atoms with E-state index in [0.717, 1.165) is 16.8 Å². The number of anilines is 1. The van der Waals surface area contributed by atoms with E-state index in [2.05, 4.69) is 53.6 Å². The van der Waals surface area contributed by atoms with E-state index in [-0.39, 0.29) is 6.03 Å². The van der Waals surface area contributed by atoms with Gasteiger partial charge < -0.3 is 20.4 Å². The van der Waals surface area contributed by atoms with Gasteiger partial charge in [0.25, 0.3) is 0 Å². The van der Waals surface area contributed by atoms with E-state index in [1.807, 2.05) is 0 Å². The summed E-state index contributed by atoms with van der Waals surface area (Å²) in [5.41, 5.74) is 6.38. The average molecular weight is 355 g/mol. The molecule has 0 bridgehead atoms. The Labute approximate surface area is 152 Å². The van der Waals surface area contributed by atoms with Crippen molar-refractivity contribution in [1.29, 1.82) is 0 Å². The lowest BCUT2D eigenvalue weighted by atomic mass is 10.0. The molecule has 0 fully saturated rings. The van der Waals surface area contributed by atoms with Gasteiger partial charge in [-0.25, -0.2) is 4.79 Å². The fourth-order valence-electron chi connectivity index (χ4n) is 3.01. The Bertz CT molecular complexity index is 926. The molecule has 0 saturated heterocycles. The third-order valence-electron chi connectivity index (χ3n) is 4.50. The number of H-pyrrole nitrogens is 1. The van der Waals surface area contributed by atoms with Crippen molar-refractivity contribution in [2.24, 2.45) is 0 Å². The van der Waals surface area contributed by atoms with Crippen LogP contribution in [-0.4, -0.2) is 34.5 Å². The highest BCUT2D eigenvalue weighted by molar-refractivity contribution is 5.90. The molecule has 0 aliphatic heterocycles. The van der Waals surface area contributed by atoms with E-state index >= 15 is 0 Å². The fourth-order valence-corrected chi connectivity index (χ4v) is 3.01. The Morgan fingerprint density at radius 3 is 2.88 bits per heavy atom. The maximum atomic E-state index is 12.2. The molecule has 7 heteroatoms. The minimum atomic E-state index is -0.258. The number of nitrogens with zero attached hydrogens (tertiary/aromatic N) is 2. The van der Waals surface area contributed by atoms with Crippen LogP contribution in [0.5, 0.6) is 0 Å². The van der Waals surface area contributed by atoms with Crippen LogP contribution < -0.4 is 10.6 Å². The Balaban J connectivity index is 1.65. The minimum Gasteiger partial charge on any atom is -0.383 e. The van der Waals surface area contributed by atoms with Crippen LogP contribution in [0.2, 0.25) is 0 Å². The second kappa shape index (κ2) is 7.61. The number of benzene rings is 1. The number of carbonyl (C=O) groups is 1. The highest BCUT2D eigenvalue weighted by atomic mass is 16.5. The fraction of sp³-hybridized carbons (Fsp3) is 0.368. The number of ether oxygens (including phenoxy) is 1. The van der Waals surface area contributed by atoms with Crippen molar-refractivity contribution in [2.75, 3.05) is 19.0 Å². The first kappa shape index (κ1) is 18.0. The van der Waals surface area contributed by atoms with E-state index in [0.29, 0.717) is 25.4 Å². The van der Waals surface area contributed by atoms with Crippen LogP contribution in [0.4, 0.5) is 10.5 Å². The van der Waals surface area contributed by atoms with Crippen LogP contribution in [0.25, 0.3) is 10.9 Å². The topological polar surface area (TPSA) is 84.0 Å². The molecule has 1 aromatic carbocycles. The van der Waals surface area contributed by atoms with Crippen LogP contribution in [0.3, 0.4) is 0 Å².